The molecule has 1 amide bonds. The summed E-state index contributed by atoms with van der Waals surface area (Å²) in [4.78, 5) is 13.4. The molecule has 0 spiro atoms. The molecule has 0 bridgehead atoms. The Kier molecular flexibility index (Phi) is 7.01. The summed E-state index contributed by atoms with van der Waals surface area (Å²) in [5, 5.41) is 10.3. The number of hydrogen-bond acceptors (Lipinski definition) is 4. The van der Waals surface area contributed by atoms with Crippen LogP contribution >= 0.6 is 34.8 Å². The number of rotatable bonds is 4. The van der Waals surface area contributed by atoms with Crippen LogP contribution in [-0.4, -0.2) is 28.7 Å². The molecule has 0 saturated carbocycles. The van der Waals surface area contributed by atoms with Gasteiger partial charge in [-0.15, -0.1) is 0 Å². The fourth-order valence-electron chi connectivity index (χ4n) is 4.66. The second-order valence-electron chi connectivity index (χ2n) is 8.69. The molecule has 0 aromatic heterocycles. The van der Waals surface area contributed by atoms with E-state index in [1.165, 1.54) is 6.42 Å². The first-order valence-electron chi connectivity index (χ1n) is 10.9. The van der Waals surface area contributed by atoms with E-state index in [0.717, 1.165) is 18.4 Å². The highest BCUT2D eigenvalue weighted by atomic mass is 35.5. The van der Waals surface area contributed by atoms with Gasteiger partial charge in [-0.2, -0.15) is 5.10 Å². The van der Waals surface area contributed by atoms with Crippen LogP contribution in [0.15, 0.2) is 47.6 Å². The molecular formula is C24H27Cl3N4O. The molecule has 2 aromatic rings. The van der Waals surface area contributed by atoms with Crippen molar-refractivity contribution in [2.24, 2.45) is 11.0 Å². The molecule has 2 heterocycles. The number of piperidine rings is 1. The molecule has 32 heavy (non-hydrogen) atoms. The van der Waals surface area contributed by atoms with Gasteiger partial charge in [0.05, 0.1) is 16.8 Å². The zero-order chi connectivity index (χ0) is 23.0. The number of carbonyl (C=O) groups excluding carboxylic acids is 1. The summed E-state index contributed by atoms with van der Waals surface area (Å²) in [6.07, 6.45) is 3.30. The number of hydrazine groups is 1. The normalized spacial score (nSPS) is 26.2. The van der Waals surface area contributed by atoms with Gasteiger partial charge in [-0.05, 0) is 62.6 Å². The first-order chi connectivity index (χ1) is 15.3. The maximum Gasteiger partial charge on any atom is 0.282 e. The summed E-state index contributed by atoms with van der Waals surface area (Å²) in [7, 11) is 0. The predicted octanol–water partition coefficient (Wildman–Crippen LogP) is 6.49. The van der Waals surface area contributed by atoms with Gasteiger partial charge in [0.2, 0.25) is 0 Å². The van der Waals surface area contributed by atoms with Crippen molar-refractivity contribution >= 4 is 52.1 Å². The largest absolute Gasteiger partial charge is 0.283 e. The molecule has 2 unspecified atom stereocenters. The molecule has 2 aliphatic rings. The fourth-order valence-corrected chi connectivity index (χ4v) is 5.28. The lowest BCUT2D eigenvalue weighted by molar-refractivity contribution is -0.122. The topological polar surface area (TPSA) is 47.9 Å². The molecule has 0 aliphatic carbocycles. The molecule has 1 fully saturated rings. The van der Waals surface area contributed by atoms with Gasteiger partial charge in [0.15, 0.2) is 0 Å². The molecule has 1 N–H and O–H groups in total. The van der Waals surface area contributed by atoms with Gasteiger partial charge in [0.25, 0.3) is 5.91 Å². The summed E-state index contributed by atoms with van der Waals surface area (Å²) in [6.45, 7) is 6.31. The summed E-state index contributed by atoms with van der Waals surface area (Å²) in [5.74, 6) is -0.344. The Labute approximate surface area is 204 Å². The first kappa shape index (κ1) is 23.4. The molecule has 1 saturated heterocycles. The smallest absolute Gasteiger partial charge is 0.282 e. The molecular weight excluding hydrogens is 467 g/mol. The maximum atomic E-state index is 13.4. The van der Waals surface area contributed by atoms with Crippen LogP contribution < -0.4 is 10.4 Å². The minimum Gasteiger partial charge on any atom is -0.283 e. The van der Waals surface area contributed by atoms with Crippen LogP contribution in [0.2, 0.25) is 15.1 Å². The lowest BCUT2D eigenvalue weighted by Crippen LogP contribution is -2.56. The van der Waals surface area contributed by atoms with Gasteiger partial charge in [0.1, 0.15) is 5.71 Å². The quantitative estimate of drug-likeness (QED) is 0.529. The van der Waals surface area contributed by atoms with Gasteiger partial charge in [-0.25, -0.2) is 5.01 Å². The van der Waals surface area contributed by atoms with Crippen LogP contribution in [0.4, 0.5) is 5.69 Å². The lowest BCUT2D eigenvalue weighted by atomic mass is 9.91. The molecule has 2 aliphatic heterocycles. The molecule has 0 radical (unpaired) electrons. The van der Waals surface area contributed by atoms with Crippen LogP contribution in [0.3, 0.4) is 0 Å². The SMILES string of the molecule is CC1CCCC(C)N1NC(=O)C1=NN(c2ccc(Cl)cc2Cl)[C@H](c2ccc(Cl)cc2)[C@@H]1C. The molecule has 4 atom stereocenters. The highest BCUT2D eigenvalue weighted by molar-refractivity contribution is 6.41. The third kappa shape index (κ3) is 4.62. The van der Waals surface area contributed by atoms with Crippen LogP contribution in [0, 0.1) is 5.92 Å². The Morgan fingerprint density at radius 2 is 1.59 bits per heavy atom. The van der Waals surface area contributed by atoms with Crippen LogP contribution in [-0.2, 0) is 4.79 Å². The Hall–Kier alpha value is -1.79. The minimum absolute atomic E-state index is 0.168. The number of hydrogen-bond donors (Lipinski definition) is 1. The predicted molar refractivity (Wildman–Crippen MR) is 132 cm³/mol. The van der Waals surface area contributed by atoms with Crippen molar-refractivity contribution in [3.8, 4) is 0 Å². The number of anilines is 1. The molecule has 5 nitrogen and oxygen atoms in total. The van der Waals surface area contributed by atoms with E-state index in [0.29, 0.717) is 26.5 Å². The Balaban J connectivity index is 1.69. The van der Waals surface area contributed by atoms with E-state index in [9.17, 15) is 4.79 Å². The number of amides is 1. The Morgan fingerprint density at radius 3 is 2.22 bits per heavy atom. The zero-order valence-electron chi connectivity index (χ0n) is 18.4. The van der Waals surface area contributed by atoms with E-state index in [1.807, 2.05) is 42.3 Å². The minimum atomic E-state index is -0.206. The van der Waals surface area contributed by atoms with Crippen molar-refractivity contribution in [2.45, 2.75) is 58.2 Å². The van der Waals surface area contributed by atoms with E-state index in [2.05, 4.69) is 24.3 Å². The fraction of sp³-hybridized carbons (Fsp3) is 0.417. The van der Waals surface area contributed by atoms with Crippen molar-refractivity contribution in [2.75, 3.05) is 5.01 Å². The second-order valence-corrected chi connectivity index (χ2v) is 9.97. The van der Waals surface area contributed by atoms with E-state index in [-0.39, 0.29) is 30.0 Å². The third-order valence-corrected chi connectivity index (χ3v) is 7.20. The highest BCUT2D eigenvalue weighted by Gasteiger charge is 2.41. The molecule has 4 rings (SSSR count). The van der Waals surface area contributed by atoms with Crippen molar-refractivity contribution in [1.29, 1.82) is 0 Å². The van der Waals surface area contributed by atoms with Crippen molar-refractivity contribution in [1.82, 2.24) is 10.4 Å². The third-order valence-electron chi connectivity index (χ3n) is 6.41. The summed E-state index contributed by atoms with van der Waals surface area (Å²) in [6, 6.07) is 13.3. The van der Waals surface area contributed by atoms with Gasteiger partial charge in [-0.1, -0.05) is 60.3 Å². The van der Waals surface area contributed by atoms with Gasteiger partial charge >= 0.3 is 0 Å². The number of hydrazone groups is 1. The van der Waals surface area contributed by atoms with Crippen molar-refractivity contribution < 1.29 is 4.79 Å². The van der Waals surface area contributed by atoms with Crippen molar-refractivity contribution in [3.63, 3.8) is 0 Å². The van der Waals surface area contributed by atoms with Crippen LogP contribution in [0.5, 0.6) is 0 Å². The molecule has 170 valence electrons. The average molecular weight is 494 g/mol. The maximum absolute atomic E-state index is 13.4. The Morgan fingerprint density at radius 1 is 0.969 bits per heavy atom. The number of benzene rings is 2. The van der Waals surface area contributed by atoms with E-state index >= 15 is 0 Å². The summed E-state index contributed by atoms with van der Waals surface area (Å²) < 4.78 is 0. The summed E-state index contributed by atoms with van der Waals surface area (Å²) in [5.41, 5.74) is 5.30. The number of nitrogens with zero attached hydrogens (tertiary/aromatic N) is 3. The Bertz CT molecular complexity index is 1020. The van der Waals surface area contributed by atoms with E-state index in [4.69, 9.17) is 39.9 Å². The highest BCUT2D eigenvalue weighted by Crippen LogP contribution is 2.42. The number of nitrogens with one attached hydrogen (secondary N) is 1. The van der Waals surface area contributed by atoms with Gasteiger partial charge < -0.3 is 0 Å². The standard InChI is InChI=1S/C24H27Cl3N4O/c1-14-5-4-6-15(2)30(14)29-24(32)22-16(3)23(17-7-9-18(25)10-8-17)31(28-22)21-12-11-19(26)13-20(21)27/h7-16,23H,4-6H2,1-3H3,(H,29,32)/t14?,15?,16-,23+/m1/s1. The van der Waals surface area contributed by atoms with Crippen molar-refractivity contribution in [3.05, 3.63) is 63.1 Å². The summed E-state index contributed by atoms with van der Waals surface area (Å²) >= 11 is 18.8. The average Bonchev–Trinajstić information content (AvgIpc) is 3.08. The number of carbonyl (C=O) groups is 1. The number of halogens is 3. The van der Waals surface area contributed by atoms with E-state index in [1.54, 1.807) is 12.1 Å². The van der Waals surface area contributed by atoms with Crippen LogP contribution in [0.1, 0.15) is 51.6 Å². The van der Waals surface area contributed by atoms with E-state index < -0.39 is 0 Å². The second kappa shape index (κ2) is 9.60. The van der Waals surface area contributed by atoms with Gasteiger partial charge in [-0.3, -0.25) is 15.2 Å². The zero-order valence-corrected chi connectivity index (χ0v) is 20.6. The monoisotopic (exact) mass is 492 g/mol. The first-order valence-corrected chi connectivity index (χ1v) is 12.1. The molecule has 2 aromatic carbocycles. The van der Waals surface area contributed by atoms with Crippen LogP contribution in [0.25, 0.3) is 0 Å². The molecule has 8 heteroatoms. The lowest BCUT2D eigenvalue weighted by Gasteiger charge is -2.38. The van der Waals surface area contributed by atoms with Gasteiger partial charge in [0, 0.05) is 28.0 Å².